The second kappa shape index (κ2) is 6.86. The molecule has 0 aliphatic rings. The number of carbonyl (C=O) groups is 1. The number of esters is 1. The lowest BCUT2D eigenvalue weighted by molar-refractivity contribution is -0.144. The minimum Gasteiger partial charge on any atom is -0.468 e. The Kier molecular flexibility index (Phi) is 6.60. The van der Waals surface area contributed by atoms with Crippen molar-refractivity contribution >= 4 is 5.97 Å². The van der Waals surface area contributed by atoms with E-state index in [1.165, 1.54) is 7.11 Å². The summed E-state index contributed by atoms with van der Waals surface area (Å²) in [6.45, 7) is 7.54. The SMILES string of the molecule is CCCCC(NC(C)(C)C(C)O)C(=O)OC. The van der Waals surface area contributed by atoms with Gasteiger partial charge in [0, 0.05) is 5.54 Å². The van der Waals surface area contributed by atoms with Crippen LogP contribution in [0.2, 0.25) is 0 Å². The van der Waals surface area contributed by atoms with Gasteiger partial charge in [-0.2, -0.15) is 0 Å². The van der Waals surface area contributed by atoms with E-state index in [-0.39, 0.29) is 12.0 Å². The Morgan fingerprint density at radius 3 is 2.44 bits per heavy atom. The highest BCUT2D eigenvalue weighted by molar-refractivity contribution is 5.75. The van der Waals surface area contributed by atoms with E-state index in [0.29, 0.717) is 0 Å². The monoisotopic (exact) mass is 231 g/mol. The predicted molar refractivity (Wildman–Crippen MR) is 64.2 cm³/mol. The number of hydrogen-bond donors (Lipinski definition) is 2. The Bertz CT molecular complexity index is 214. The quantitative estimate of drug-likeness (QED) is 0.651. The van der Waals surface area contributed by atoms with Gasteiger partial charge in [-0.25, -0.2) is 0 Å². The summed E-state index contributed by atoms with van der Waals surface area (Å²) in [6, 6.07) is -0.338. The predicted octanol–water partition coefficient (Wildman–Crippen LogP) is 1.47. The van der Waals surface area contributed by atoms with Gasteiger partial charge in [0.1, 0.15) is 6.04 Å². The summed E-state index contributed by atoms with van der Waals surface area (Å²) in [5.74, 6) is -0.262. The molecule has 16 heavy (non-hydrogen) atoms. The van der Waals surface area contributed by atoms with Crippen LogP contribution in [0.3, 0.4) is 0 Å². The van der Waals surface area contributed by atoms with Crippen LogP contribution < -0.4 is 5.32 Å². The van der Waals surface area contributed by atoms with E-state index in [2.05, 4.69) is 12.2 Å². The van der Waals surface area contributed by atoms with Gasteiger partial charge >= 0.3 is 5.97 Å². The lowest BCUT2D eigenvalue weighted by Gasteiger charge is -2.33. The number of nitrogens with one attached hydrogen (secondary N) is 1. The van der Waals surface area contributed by atoms with Gasteiger partial charge in [0.2, 0.25) is 0 Å². The summed E-state index contributed by atoms with van der Waals surface area (Å²) in [5.41, 5.74) is -0.493. The van der Waals surface area contributed by atoms with Crippen LogP contribution in [0.1, 0.15) is 47.0 Å². The number of carbonyl (C=O) groups excluding carboxylic acids is 1. The third kappa shape index (κ3) is 4.94. The zero-order valence-electron chi connectivity index (χ0n) is 11.0. The molecule has 0 amide bonds. The van der Waals surface area contributed by atoms with Gasteiger partial charge in [-0.3, -0.25) is 10.1 Å². The molecule has 2 N–H and O–H groups in total. The minimum atomic E-state index is -0.527. The smallest absolute Gasteiger partial charge is 0.322 e. The van der Waals surface area contributed by atoms with Crippen molar-refractivity contribution in [2.24, 2.45) is 0 Å². The van der Waals surface area contributed by atoms with Crippen molar-refractivity contribution in [3.8, 4) is 0 Å². The highest BCUT2D eigenvalue weighted by Gasteiger charge is 2.30. The third-order valence-corrected chi connectivity index (χ3v) is 2.92. The Labute approximate surface area is 98.4 Å². The van der Waals surface area contributed by atoms with Crippen LogP contribution in [0.25, 0.3) is 0 Å². The fourth-order valence-corrected chi connectivity index (χ4v) is 1.37. The molecule has 0 spiro atoms. The second-order valence-corrected chi connectivity index (χ2v) is 4.76. The summed E-state index contributed by atoms with van der Waals surface area (Å²) in [7, 11) is 1.39. The second-order valence-electron chi connectivity index (χ2n) is 4.76. The normalized spacial score (nSPS) is 15.6. The number of unbranched alkanes of at least 4 members (excludes halogenated alkanes) is 1. The van der Waals surface area contributed by atoms with Gasteiger partial charge in [-0.1, -0.05) is 19.8 Å². The highest BCUT2D eigenvalue weighted by atomic mass is 16.5. The fraction of sp³-hybridized carbons (Fsp3) is 0.917. The van der Waals surface area contributed by atoms with Gasteiger partial charge in [-0.15, -0.1) is 0 Å². The maximum atomic E-state index is 11.6. The first-order valence-electron chi connectivity index (χ1n) is 5.88. The first-order chi connectivity index (χ1) is 7.35. The van der Waals surface area contributed by atoms with Gasteiger partial charge in [-0.05, 0) is 27.2 Å². The third-order valence-electron chi connectivity index (χ3n) is 2.92. The minimum absolute atomic E-state index is 0.262. The largest absolute Gasteiger partial charge is 0.468 e. The van der Waals surface area contributed by atoms with E-state index >= 15 is 0 Å². The number of methoxy groups -OCH3 is 1. The molecule has 0 aromatic rings. The van der Waals surface area contributed by atoms with Crippen molar-refractivity contribution in [2.45, 2.75) is 64.6 Å². The molecule has 0 fully saturated rings. The van der Waals surface area contributed by atoms with E-state index in [0.717, 1.165) is 19.3 Å². The molecule has 0 radical (unpaired) electrons. The zero-order chi connectivity index (χ0) is 12.8. The molecule has 0 heterocycles. The molecule has 96 valence electrons. The van der Waals surface area contributed by atoms with Crippen LogP contribution in [0.5, 0.6) is 0 Å². The standard InChI is InChI=1S/C12H25NO3/c1-6-7-8-10(11(15)16-5)13-12(3,4)9(2)14/h9-10,13-14H,6-8H2,1-5H3. The molecule has 0 aliphatic heterocycles. The Balaban J connectivity index is 4.47. The molecule has 4 heteroatoms. The number of hydrogen-bond acceptors (Lipinski definition) is 4. The maximum absolute atomic E-state index is 11.6. The van der Waals surface area contributed by atoms with Crippen LogP contribution in [0.4, 0.5) is 0 Å². The summed E-state index contributed by atoms with van der Waals surface area (Å²) < 4.78 is 4.75. The van der Waals surface area contributed by atoms with Crippen LogP contribution in [0.15, 0.2) is 0 Å². The lowest BCUT2D eigenvalue weighted by Crippen LogP contribution is -2.55. The summed E-state index contributed by atoms with van der Waals surface area (Å²) >= 11 is 0. The van der Waals surface area contributed by atoms with Crippen molar-refractivity contribution in [1.82, 2.24) is 5.32 Å². The average molecular weight is 231 g/mol. The molecule has 0 rings (SSSR count). The van der Waals surface area contributed by atoms with Gasteiger partial charge in [0.05, 0.1) is 13.2 Å². The first-order valence-corrected chi connectivity index (χ1v) is 5.88. The van der Waals surface area contributed by atoms with Crippen LogP contribution in [-0.4, -0.2) is 35.9 Å². The molecule has 0 aromatic heterocycles. The molecule has 2 atom stereocenters. The maximum Gasteiger partial charge on any atom is 0.322 e. The first kappa shape index (κ1) is 15.4. The molecule has 4 nitrogen and oxygen atoms in total. The van der Waals surface area contributed by atoms with Crippen molar-refractivity contribution in [3.63, 3.8) is 0 Å². The van der Waals surface area contributed by atoms with Crippen LogP contribution in [-0.2, 0) is 9.53 Å². The van der Waals surface area contributed by atoms with Crippen LogP contribution >= 0.6 is 0 Å². The van der Waals surface area contributed by atoms with Gasteiger partial charge in [0.15, 0.2) is 0 Å². The van der Waals surface area contributed by atoms with Crippen molar-refractivity contribution < 1.29 is 14.6 Å². The van der Waals surface area contributed by atoms with E-state index in [1.807, 2.05) is 13.8 Å². The number of aliphatic hydroxyl groups excluding tert-OH is 1. The molecule has 0 aliphatic carbocycles. The summed E-state index contributed by atoms with van der Waals surface area (Å²) in [6.07, 6.45) is 2.20. The Hall–Kier alpha value is -0.610. The lowest BCUT2D eigenvalue weighted by atomic mass is 9.96. The van der Waals surface area contributed by atoms with E-state index in [4.69, 9.17) is 4.74 Å². The van der Waals surface area contributed by atoms with Gasteiger partial charge in [0.25, 0.3) is 0 Å². The summed E-state index contributed by atoms with van der Waals surface area (Å²) in [5, 5.41) is 12.7. The molecule has 0 saturated carbocycles. The summed E-state index contributed by atoms with van der Waals surface area (Å²) in [4.78, 5) is 11.6. The van der Waals surface area contributed by atoms with E-state index < -0.39 is 11.6 Å². The van der Waals surface area contributed by atoms with Gasteiger partial charge < -0.3 is 9.84 Å². The Morgan fingerprint density at radius 2 is 2.06 bits per heavy atom. The molecule has 0 aromatic carbocycles. The highest BCUT2D eigenvalue weighted by Crippen LogP contribution is 2.13. The molecular weight excluding hydrogens is 206 g/mol. The van der Waals surface area contributed by atoms with Crippen molar-refractivity contribution in [2.75, 3.05) is 7.11 Å². The Morgan fingerprint density at radius 1 is 1.50 bits per heavy atom. The zero-order valence-corrected chi connectivity index (χ0v) is 11.0. The van der Waals surface area contributed by atoms with Crippen molar-refractivity contribution in [3.05, 3.63) is 0 Å². The number of rotatable bonds is 7. The van der Waals surface area contributed by atoms with E-state index in [1.54, 1.807) is 6.92 Å². The van der Waals surface area contributed by atoms with Crippen molar-refractivity contribution in [1.29, 1.82) is 0 Å². The fourth-order valence-electron chi connectivity index (χ4n) is 1.37. The molecule has 0 saturated heterocycles. The van der Waals surface area contributed by atoms with Crippen LogP contribution in [0, 0.1) is 0 Å². The molecule has 2 unspecified atom stereocenters. The van der Waals surface area contributed by atoms with E-state index in [9.17, 15) is 9.90 Å². The number of aliphatic hydroxyl groups is 1. The topological polar surface area (TPSA) is 58.6 Å². The molecule has 0 bridgehead atoms. The molecular formula is C12H25NO3. The average Bonchev–Trinajstić information content (AvgIpc) is 2.22. The number of ether oxygens (including phenoxy) is 1.